The third kappa shape index (κ3) is 1.80. The van der Waals surface area contributed by atoms with Crippen molar-refractivity contribution in [3.63, 3.8) is 0 Å². The highest BCUT2D eigenvalue weighted by molar-refractivity contribution is 4.99. The zero-order valence-electron chi connectivity index (χ0n) is 8.93. The Balaban J connectivity index is 2.82. The van der Waals surface area contributed by atoms with E-state index in [0.29, 0.717) is 13.1 Å². The molecule has 0 aromatic rings. The van der Waals surface area contributed by atoms with Crippen molar-refractivity contribution in [1.82, 2.24) is 0 Å². The fourth-order valence-corrected chi connectivity index (χ4v) is 2.70. The Morgan fingerprint density at radius 1 is 1.00 bits per heavy atom. The van der Waals surface area contributed by atoms with Gasteiger partial charge >= 0.3 is 0 Å². The quantitative estimate of drug-likeness (QED) is 0.479. The molecule has 1 aliphatic carbocycles. The van der Waals surface area contributed by atoms with Gasteiger partial charge in [0.05, 0.1) is 12.2 Å². The van der Waals surface area contributed by atoms with Crippen molar-refractivity contribution in [2.24, 2.45) is 35.1 Å². The molecule has 4 nitrogen and oxygen atoms in total. The smallest absolute Gasteiger partial charge is 0.0639 e. The number of aliphatic hydroxyl groups is 2. The standard InChI is InChI=1S/C10H22N2O2/c1-5(2)8-9(13)6(3-11)7(4-12)10(8)14/h5-10,13-14H,3-4,11-12H2,1-2H3/t6-,7-,9+,10+/m0/s1. The van der Waals surface area contributed by atoms with Crippen LogP contribution in [0.2, 0.25) is 0 Å². The Morgan fingerprint density at radius 3 is 1.57 bits per heavy atom. The van der Waals surface area contributed by atoms with Crippen LogP contribution in [-0.2, 0) is 0 Å². The van der Waals surface area contributed by atoms with E-state index in [1.54, 1.807) is 0 Å². The topological polar surface area (TPSA) is 92.5 Å². The molecule has 4 atom stereocenters. The predicted molar refractivity (Wildman–Crippen MR) is 55.4 cm³/mol. The van der Waals surface area contributed by atoms with Gasteiger partial charge in [-0.05, 0) is 19.0 Å². The Hall–Kier alpha value is -0.160. The molecule has 0 aliphatic heterocycles. The highest BCUT2D eigenvalue weighted by Gasteiger charge is 2.48. The van der Waals surface area contributed by atoms with Crippen molar-refractivity contribution in [3.05, 3.63) is 0 Å². The average molecular weight is 202 g/mol. The fourth-order valence-electron chi connectivity index (χ4n) is 2.70. The first kappa shape index (κ1) is 11.9. The molecule has 0 spiro atoms. The summed E-state index contributed by atoms with van der Waals surface area (Å²) in [5.41, 5.74) is 11.2. The summed E-state index contributed by atoms with van der Waals surface area (Å²) in [6.07, 6.45) is -1.02. The molecule has 4 heteroatoms. The van der Waals surface area contributed by atoms with Gasteiger partial charge in [-0.2, -0.15) is 0 Å². The fraction of sp³-hybridized carbons (Fsp3) is 1.00. The first-order chi connectivity index (χ1) is 6.54. The monoisotopic (exact) mass is 202 g/mol. The molecule has 0 aromatic heterocycles. The minimum Gasteiger partial charge on any atom is -0.392 e. The van der Waals surface area contributed by atoms with Gasteiger partial charge in [0.1, 0.15) is 0 Å². The SMILES string of the molecule is CC(C)C1[C@H](O)[C@@H](CN)[C@H](CN)[C@H]1O. The number of hydrogen-bond donors (Lipinski definition) is 4. The van der Waals surface area contributed by atoms with Crippen LogP contribution in [0.5, 0.6) is 0 Å². The van der Waals surface area contributed by atoms with E-state index < -0.39 is 12.2 Å². The maximum Gasteiger partial charge on any atom is 0.0639 e. The molecule has 0 radical (unpaired) electrons. The maximum atomic E-state index is 10.00. The second kappa shape index (κ2) is 4.57. The van der Waals surface area contributed by atoms with E-state index in [-0.39, 0.29) is 23.7 Å². The first-order valence-corrected chi connectivity index (χ1v) is 5.30. The molecule has 0 aromatic carbocycles. The highest BCUT2D eigenvalue weighted by atomic mass is 16.3. The Kier molecular flexibility index (Phi) is 3.89. The Bertz CT molecular complexity index is 171. The summed E-state index contributed by atoms with van der Waals surface area (Å²) in [6, 6.07) is 0. The summed E-state index contributed by atoms with van der Waals surface area (Å²) in [7, 11) is 0. The molecular weight excluding hydrogens is 180 g/mol. The van der Waals surface area contributed by atoms with Crippen LogP contribution < -0.4 is 11.5 Å². The normalized spacial score (nSPS) is 39.6. The summed E-state index contributed by atoms with van der Waals surface area (Å²) in [6.45, 7) is 4.79. The number of rotatable bonds is 3. The number of aliphatic hydroxyl groups excluding tert-OH is 2. The molecule has 0 amide bonds. The maximum absolute atomic E-state index is 10.00. The van der Waals surface area contributed by atoms with Gasteiger partial charge < -0.3 is 21.7 Å². The van der Waals surface area contributed by atoms with Crippen LogP contribution in [0, 0.1) is 23.7 Å². The van der Waals surface area contributed by atoms with Crippen LogP contribution >= 0.6 is 0 Å². The van der Waals surface area contributed by atoms with Crippen molar-refractivity contribution < 1.29 is 10.2 Å². The molecule has 0 unspecified atom stereocenters. The van der Waals surface area contributed by atoms with Gasteiger partial charge in [0.15, 0.2) is 0 Å². The second-order valence-corrected chi connectivity index (χ2v) is 4.60. The lowest BCUT2D eigenvalue weighted by Crippen LogP contribution is -2.34. The van der Waals surface area contributed by atoms with E-state index in [1.165, 1.54) is 0 Å². The second-order valence-electron chi connectivity index (χ2n) is 4.60. The van der Waals surface area contributed by atoms with Crippen LogP contribution in [0.1, 0.15) is 13.8 Å². The molecule has 1 rings (SSSR count). The summed E-state index contributed by atoms with van der Waals surface area (Å²) in [5, 5.41) is 20.0. The van der Waals surface area contributed by atoms with E-state index in [4.69, 9.17) is 11.5 Å². The minimum atomic E-state index is -0.511. The molecule has 1 aliphatic rings. The lowest BCUT2D eigenvalue weighted by molar-refractivity contribution is 0.0252. The van der Waals surface area contributed by atoms with Gasteiger partial charge in [0.2, 0.25) is 0 Å². The Morgan fingerprint density at radius 2 is 1.36 bits per heavy atom. The predicted octanol–water partition coefficient (Wildman–Crippen LogP) is -0.856. The van der Waals surface area contributed by atoms with Crippen molar-refractivity contribution >= 4 is 0 Å². The van der Waals surface area contributed by atoms with Gasteiger partial charge in [0, 0.05) is 17.8 Å². The van der Waals surface area contributed by atoms with E-state index in [1.807, 2.05) is 13.8 Å². The van der Waals surface area contributed by atoms with Crippen LogP contribution in [0.25, 0.3) is 0 Å². The largest absolute Gasteiger partial charge is 0.392 e. The third-order valence-corrected chi connectivity index (χ3v) is 3.53. The van der Waals surface area contributed by atoms with Crippen LogP contribution in [0.15, 0.2) is 0 Å². The van der Waals surface area contributed by atoms with Crippen molar-refractivity contribution in [3.8, 4) is 0 Å². The average Bonchev–Trinajstić information content (AvgIpc) is 2.36. The van der Waals surface area contributed by atoms with Gasteiger partial charge in [0.25, 0.3) is 0 Å². The van der Waals surface area contributed by atoms with Crippen LogP contribution in [0.4, 0.5) is 0 Å². The number of nitrogens with two attached hydrogens (primary N) is 2. The lowest BCUT2D eigenvalue weighted by atomic mass is 9.89. The molecule has 0 heterocycles. The summed E-state index contributed by atoms with van der Waals surface area (Å²) in [4.78, 5) is 0. The van der Waals surface area contributed by atoms with Gasteiger partial charge in [-0.15, -0.1) is 0 Å². The molecule has 1 saturated carbocycles. The molecule has 0 saturated heterocycles. The molecular formula is C10H22N2O2. The minimum absolute atomic E-state index is 0.0533. The zero-order valence-corrected chi connectivity index (χ0v) is 8.93. The number of hydrogen-bond acceptors (Lipinski definition) is 4. The van der Waals surface area contributed by atoms with Crippen LogP contribution in [0.3, 0.4) is 0 Å². The highest BCUT2D eigenvalue weighted by Crippen LogP contribution is 2.39. The molecule has 14 heavy (non-hydrogen) atoms. The van der Waals surface area contributed by atoms with E-state index in [0.717, 1.165) is 0 Å². The van der Waals surface area contributed by atoms with Gasteiger partial charge in [-0.25, -0.2) is 0 Å². The van der Waals surface area contributed by atoms with Crippen LogP contribution in [-0.4, -0.2) is 35.5 Å². The third-order valence-electron chi connectivity index (χ3n) is 3.53. The van der Waals surface area contributed by atoms with Crippen molar-refractivity contribution in [1.29, 1.82) is 0 Å². The van der Waals surface area contributed by atoms with Crippen molar-refractivity contribution in [2.75, 3.05) is 13.1 Å². The summed E-state index contributed by atoms with van der Waals surface area (Å²) >= 11 is 0. The zero-order chi connectivity index (χ0) is 10.9. The first-order valence-electron chi connectivity index (χ1n) is 5.30. The molecule has 84 valence electrons. The molecule has 0 bridgehead atoms. The van der Waals surface area contributed by atoms with Crippen molar-refractivity contribution in [2.45, 2.75) is 26.1 Å². The van der Waals surface area contributed by atoms with E-state index in [2.05, 4.69) is 0 Å². The van der Waals surface area contributed by atoms with E-state index >= 15 is 0 Å². The van der Waals surface area contributed by atoms with Gasteiger partial charge in [-0.1, -0.05) is 13.8 Å². The summed E-state index contributed by atoms with van der Waals surface area (Å²) < 4.78 is 0. The molecule has 1 fully saturated rings. The lowest BCUT2D eigenvalue weighted by Gasteiger charge is -2.23. The summed E-state index contributed by atoms with van der Waals surface area (Å²) in [5.74, 6) is 0.0625. The van der Waals surface area contributed by atoms with E-state index in [9.17, 15) is 10.2 Å². The Labute approximate surface area is 85.3 Å². The van der Waals surface area contributed by atoms with Gasteiger partial charge in [-0.3, -0.25) is 0 Å². The molecule has 6 N–H and O–H groups in total.